The Bertz CT molecular complexity index is 1520. The molecule has 0 atom stereocenters. The molecule has 1 N–H and O–H groups in total. The Hall–Kier alpha value is -2.98. The van der Waals surface area contributed by atoms with Crippen LogP contribution < -0.4 is 5.32 Å². The van der Waals surface area contributed by atoms with Gasteiger partial charge in [0.1, 0.15) is 11.5 Å². The lowest BCUT2D eigenvalue weighted by Gasteiger charge is -2.32. The summed E-state index contributed by atoms with van der Waals surface area (Å²) in [7, 11) is -3.34. The van der Waals surface area contributed by atoms with Crippen LogP contribution in [0.3, 0.4) is 0 Å². The molecule has 9 heteroatoms. The number of rotatable bonds is 9. The monoisotopic (exact) mass is 623 g/mol. The van der Waals surface area contributed by atoms with E-state index in [0.29, 0.717) is 22.4 Å². The summed E-state index contributed by atoms with van der Waals surface area (Å²) in [4.78, 5) is 13.9. The van der Waals surface area contributed by atoms with Gasteiger partial charge < -0.3 is 10.1 Å². The van der Waals surface area contributed by atoms with Crippen molar-refractivity contribution in [2.75, 3.05) is 18.4 Å². The molecule has 1 saturated heterocycles. The molecule has 0 bridgehead atoms. The van der Waals surface area contributed by atoms with E-state index in [1.165, 1.54) is 11.3 Å². The van der Waals surface area contributed by atoms with Crippen molar-refractivity contribution in [3.8, 4) is 10.4 Å². The molecule has 1 aliphatic rings. The molecule has 4 aromatic rings. The lowest BCUT2D eigenvalue weighted by atomic mass is 10.1. The normalized spacial score (nSPS) is 14.7. The van der Waals surface area contributed by atoms with Gasteiger partial charge in [-0.15, -0.1) is 11.3 Å². The summed E-state index contributed by atoms with van der Waals surface area (Å²) < 4.78 is 33.6. The Morgan fingerprint density at radius 2 is 1.64 bits per heavy atom. The maximum atomic E-state index is 12.9. The summed E-state index contributed by atoms with van der Waals surface area (Å²) in [5.41, 5.74) is 3.64. The minimum absolute atomic E-state index is 0.0302. The predicted octanol–water partition coefficient (Wildman–Crippen LogP) is 6.74. The average molecular weight is 625 g/mol. The number of piperidine rings is 1. The molecule has 1 fully saturated rings. The molecule has 0 saturated carbocycles. The Labute approximate surface area is 241 Å². The highest BCUT2D eigenvalue weighted by molar-refractivity contribution is 9.10. The molecule has 3 aromatic carbocycles. The van der Waals surface area contributed by atoms with Gasteiger partial charge in [-0.3, -0.25) is 0 Å². The Kier molecular flexibility index (Phi) is 8.82. The van der Waals surface area contributed by atoms with Gasteiger partial charge >= 0.3 is 5.97 Å². The van der Waals surface area contributed by atoms with Gasteiger partial charge in [-0.05, 0) is 57.6 Å². The van der Waals surface area contributed by atoms with E-state index in [2.05, 4.69) is 27.3 Å². The van der Waals surface area contributed by atoms with Gasteiger partial charge in [0.15, 0.2) is 0 Å². The molecule has 5 rings (SSSR count). The molecule has 0 spiro atoms. The molecule has 39 heavy (non-hydrogen) atoms. The molecule has 0 amide bonds. The molecule has 1 aromatic heterocycles. The standard InChI is InChI=1S/C30H28BrN2O4S2/c31-27-19-28(30(34)37-20-22-8-3-1-4-9-22)38-29(27)24-12-7-13-26(18-24)32-25-14-16-33(17-15-25)39(35,36)21-23-10-5-2-6-11-23/h1-13,18,25,32H,14-17,20-21H2. The fraction of sp³-hybridized carbons (Fsp3) is 0.233. The number of hydrogen-bond acceptors (Lipinski definition) is 6. The second kappa shape index (κ2) is 12.5. The quantitative estimate of drug-likeness (QED) is 0.209. The highest BCUT2D eigenvalue weighted by atomic mass is 79.9. The zero-order valence-electron chi connectivity index (χ0n) is 21.2. The van der Waals surface area contributed by atoms with Crippen molar-refractivity contribution in [1.82, 2.24) is 4.31 Å². The molecule has 6 nitrogen and oxygen atoms in total. The zero-order chi connectivity index (χ0) is 27.2. The first-order chi connectivity index (χ1) is 18.9. The summed E-state index contributed by atoms with van der Waals surface area (Å²) in [5.74, 6) is -0.373. The van der Waals surface area contributed by atoms with Crippen LogP contribution in [-0.2, 0) is 27.1 Å². The number of ether oxygens (including phenoxy) is 1. The van der Waals surface area contributed by atoms with Crippen LogP contribution in [0.2, 0.25) is 0 Å². The Morgan fingerprint density at radius 1 is 0.974 bits per heavy atom. The number of anilines is 1. The van der Waals surface area contributed by atoms with Gasteiger partial charge in [0.2, 0.25) is 10.0 Å². The van der Waals surface area contributed by atoms with E-state index in [1.807, 2.05) is 84.9 Å². The summed E-state index contributed by atoms with van der Waals surface area (Å²) >= 11 is 4.89. The van der Waals surface area contributed by atoms with E-state index in [4.69, 9.17) is 4.74 Å². The topological polar surface area (TPSA) is 75.7 Å². The molecule has 201 valence electrons. The molecule has 0 unspecified atom stereocenters. The second-order valence-corrected chi connectivity index (χ2v) is 13.2. The molecule has 1 aliphatic heterocycles. The van der Waals surface area contributed by atoms with Crippen molar-refractivity contribution >= 4 is 48.9 Å². The summed E-state index contributed by atoms with van der Waals surface area (Å²) in [5, 5.41) is 3.57. The SMILES string of the molecule is O=C(OCc1ccccc1)c1[c]c(Br)c(-c2cccc(NC3CCN(S(=O)(=O)Cc4ccccc4)CC3)c2)s1. The summed E-state index contributed by atoms with van der Waals surface area (Å²) in [6, 6.07) is 30.1. The summed E-state index contributed by atoms with van der Waals surface area (Å²) in [6.07, 6.45) is 1.46. The van der Waals surface area contributed by atoms with Crippen LogP contribution in [0.15, 0.2) is 89.4 Å². The van der Waals surface area contributed by atoms with Crippen LogP contribution in [-0.4, -0.2) is 37.8 Å². The number of nitrogens with one attached hydrogen (secondary N) is 1. The van der Waals surface area contributed by atoms with Crippen LogP contribution in [0, 0.1) is 6.07 Å². The van der Waals surface area contributed by atoms with Gasteiger partial charge in [0.05, 0.1) is 10.6 Å². The van der Waals surface area contributed by atoms with Gasteiger partial charge in [-0.2, -0.15) is 0 Å². The maximum absolute atomic E-state index is 12.9. The van der Waals surface area contributed by atoms with E-state index < -0.39 is 16.0 Å². The number of carbonyl (C=O) groups is 1. The minimum atomic E-state index is -3.34. The average Bonchev–Trinajstić information content (AvgIpc) is 3.35. The number of hydrogen-bond donors (Lipinski definition) is 1. The largest absolute Gasteiger partial charge is 0.457 e. The van der Waals surface area contributed by atoms with Crippen LogP contribution in [0.4, 0.5) is 5.69 Å². The van der Waals surface area contributed by atoms with Gasteiger partial charge in [-0.25, -0.2) is 17.5 Å². The number of halogens is 1. The lowest BCUT2D eigenvalue weighted by Crippen LogP contribution is -2.42. The van der Waals surface area contributed by atoms with Crippen LogP contribution in [0.5, 0.6) is 0 Å². The molecule has 1 radical (unpaired) electrons. The smallest absolute Gasteiger partial charge is 0.349 e. The second-order valence-electron chi connectivity index (χ2n) is 9.40. The minimum Gasteiger partial charge on any atom is -0.457 e. The summed E-state index contributed by atoms with van der Waals surface area (Å²) in [6.45, 7) is 1.20. The number of carbonyl (C=O) groups excluding carboxylic acids is 1. The third-order valence-corrected chi connectivity index (χ3v) is 10.4. The van der Waals surface area contributed by atoms with Gasteiger partial charge in [-0.1, -0.05) is 72.8 Å². The first-order valence-electron chi connectivity index (χ1n) is 12.7. The van der Waals surface area contributed by atoms with Crippen molar-refractivity contribution in [2.45, 2.75) is 31.2 Å². The van der Waals surface area contributed by atoms with E-state index in [1.54, 1.807) is 4.31 Å². The third-order valence-electron chi connectivity index (χ3n) is 6.56. The van der Waals surface area contributed by atoms with E-state index in [0.717, 1.165) is 40.1 Å². The maximum Gasteiger partial charge on any atom is 0.349 e. The number of thiophene rings is 1. The van der Waals surface area contributed by atoms with E-state index in [9.17, 15) is 13.2 Å². The van der Waals surface area contributed by atoms with Gasteiger partial charge in [0.25, 0.3) is 0 Å². The predicted molar refractivity (Wildman–Crippen MR) is 159 cm³/mol. The number of nitrogens with zero attached hydrogens (tertiary/aromatic N) is 1. The Morgan fingerprint density at radius 3 is 2.33 bits per heavy atom. The fourth-order valence-corrected chi connectivity index (χ4v) is 7.79. The molecular weight excluding hydrogens is 596 g/mol. The number of esters is 1. The number of benzene rings is 3. The highest BCUT2D eigenvalue weighted by Crippen LogP contribution is 2.37. The third kappa shape index (κ3) is 7.16. The van der Waals surface area contributed by atoms with Crippen molar-refractivity contribution in [2.24, 2.45) is 0 Å². The first kappa shape index (κ1) is 27.6. The van der Waals surface area contributed by atoms with Crippen LogP contribution in [0.25, 0.3) is 10.4 Å². The van der Waals surface area contributed by atoms with Crippen LogP contribution >= 0.6 is 27.3 Å². The molecule has 0 aliphatic carbocycles. The highest BCUT2D eigenvalue weighted by Gasteiger charge is 2.28. The van der Waals surface area contributed by atoms with E-state index >= 15 is 0 Å². The van der Waals surface area contributed by atoms with Crippen molar-refractivity contribution in [3.05, 3.63) is 111 Å². The van der Waals surface area contributed by atoms with Crippen molar-refractivity contribution in [1.29, 1.82) is 0 Å². The van der Waals surface area contributed by atoms with Gasteiger partial charge in [0, 0.05) is 35.4 Å². The van der Waals surface area contributed by atoms with E-state index in [-0.39, 0.29) is 18.4 Å². The van der Waals surface area contributed by atoms with Crippen molar-refractivity contribution < 1.29 is 17.9 Å². The fourth-order valence-electron chi connectivity index (χ4n) is 4.54. The first-order valence-corrected chi connectivity index (χ1v) is 15.9. The number of sulfonamides is 1. The zero-order valence-corrected chi connectivity index (χ0v) is 24.4. The molecular formula is C30H28BrN2O4S2. The van der Waals surface area contributed by atoms with Crippen molar-refractivity contribution in [3.63, 3.8) is 0 Å². The lowest BCUT2D eigenvalue weighted by molar-refractivity contribution is 0.0478. The van der Waals surface area contributed by atoms with Crippen LogP contribution in [0.1, 0.15) is 33.6 Å². The Balaban J connectivity index is 1.18. The molecule has 2 heterocycles.